The number of anilines is 1. The Bertz CT molecular complexity index is 1000. The lowest BCUT2D eigenvalue weighted by Crippen LogP contribution is -2.31. The molecule has 130 valence electrons. The predicted octanol–water partition coefficient (Wildman–Crippen LogP) is 5.55. The molecule has 1 N–H and O–H groups in total. The average molecular weight is 341 g/mol. The largest absolute Gasteiger partial charge is 0.324 e. The maximum Gasteiger partial charge on any atom is 0.242 e. The molecule has 0 aliphatic heterocycles. The van der Waals surface area contributed by atoms with Crippen LogP contribution in [0.4, 0.5) is 5.69 Å². The van der Waals surface area contributed by atoms with Crippen molar-refractivity contribution >= 4 is 22.4 Å². The van der Waals surface area contributed by atoms with Gasteiger partial charge in [-0.3, -0.25) is 4.79 Å². The third-order valence-electron chi connectivity index (χ3n) is 4.86. The van der Waals surface area contributed by atoms with Gasteiger partial charge in [-0.2, -0.15) is 0 Å². The zero-order chi connectivity index (χ0) is 18.6. The first-order valence-electron chi connectivity index (χ1n) is 8.91. The smallest absolute Gasteiger partial charge is 0.242 e. The molecule has 0 bridgehead atoms. The summed E-state index contributed by atoms with van der Waals surface area (Å²) in [4.78, 5) is 13.0. The lowest BCUT2D eigenvalue weighted by molar-refractivity contribution is -0.122. The second kappa shape index (κ2) is 7.45. The number of fused-ring (bicyclic) bond motifs is 1. The minimum Gasteiger partial charge on any atom is -0.324 e. The normalized spacial score (nSPS) is 12.7. The van der Waals surface area contributed by atoms with Crippen molar-refractivity contribution in [2.45, 2.75) is 27.2 Å². The molecule has 0 saturated carbocycles. The summed E-state index contributed by atoms with van der Waals surface area (Å²) in [5, 5.41) is 5.23. The van der Waals surface area contributed by atoms with Gasteiger partial charge in [-0.05, 0) is 43.4 Å². The minimum atomic E-state index is -0.751. The molecule has 2 nitrogen and oxygen atoms in total. The van der Waals surface area contributed by atoms with Gasteiger partial charge in [0.05, 0.1) is 0 Å². The molecule has 0 aliphatic carbocycles. The Balaban J connectivity index is 1.90. The number of carbonyl (C=O) groups is 1. The van der Waals surface area contributed by atoms with Crippen molar-refractivity contribution < 1.29 is 4.79 Å². The van der Waals surface area contributed by atoms with E-state index in [9.17, 15) is 4.79 Å². The van der Waals surface area contributed by atoms with E-state index >= 15 is 0 Å². The van der Waals surface area contributed by atoms with Crippen LogP contribution in [0.5, 0.6) is 0 Å². The summed E-state index contributed by atoms with van der Waals surface area (Å²) in [6, 6.07) is 22.0. The highest BCUT2D eigenvalue weighted by molar-refractivity contribution is 6.04. The highest BCUT2D eigenvalue weighted by Crippen LogP contribution is 2.27. The van der Waals surface area contributed by atoms with E-state index in [-0.39, 0.29) is 5.91 Å². The van der Waals surface area contributed by atoms with E-state index < -0.39 is 5.41 Å². The Morgan fingerprint density at radius 3 is 2.46 bits per heavy atom. The Morgan fingerprint density at radius 2 is 1.69 bits per heavy atom. The van der Waals surface area contributed by atoms with Crippen LogP contribution < -0.4 is 5.32 Å². The fourth-order valence-electron chi connectivity index (χ4n) is 2.82. The van der Waals surface area contributed by atoms with Gasteiger partial charge in [0.25, 0.3) is 0 Å². The maximum absolute atomic E-state index is 13.0. The van der Waals surface area contributed by atoms with Gasteiger partial charge in [0, 0.05) is 16.6 Å². The highest BCUT2D eigenvalue weighted by Gasteiger charge is 2.29. The van der Waals surface area contributed by atoms with E-state index in [4.69, 9.17) is 0 Å². The van der Waals surface area contributed by atoms with Crippen molar-refractivity contribution in [3.8, 4) is 11.8 Å². The summed E-state index contributed by atoms with van der Waals surface area (Å²) < 4.78 is 0. The molecular weight excluding hydrogens is 318 g/mol. The van der Waals surface area contributed by atoms with E-state index in [0.29, 0.717) is 6.42 Å². The van der Waals surface area contributed by atoms with Gasteiger partial charge < -0.3 is 5.32 Å². The summed E-state index contributed by atoms with van der Waals surface area (Å²) in [5.74, 6) is 6.33. The molecule has 3 aromatic rings. The summed E-state index contributed by atoms with van der Waals surface area (Å²) in [7, 11) is 0. The molecule has 26 heavy (non-hydrogen) atoms. The molecular formula is C24H23NO. The third kappa shape index (κ3) is 3.63. The second-order valence-electron chi connectivity index (χ2n) is 6.73. The fourth-order valence-corrected chi connectivity index (χ4v) is 2.82. The van der Waals surface area contributed by atoms with Crippen LogP contribution in [0, 0.1) is 24.2 Å². The van der Waals surface area contributed by atoms with Crippen LogP contribution in [-0.2, 0) is 4.79 Å². The van der Waals surface area contributed by atoms with Gasteiger partial charge in [0.1, 0.15) is 5.41 Å². The van der Waals surface area contributed by atoms with Gasteiger partial charge >= 0.3 is 0 Å². The molecule has 1 atom stereocenters. The fraction of sp³-hybridized carbons (Fsp3) is 0.208. The Kier molecular flexibility index (Phi) is 5.09. The number of aryl methyl sites for hydroxylation is 1. The standard InChI is InChI=1S/C24H23NO/c1-4-24(3,17-16-19-11-6-5-10-18(19)2)23(26)25-22-15-9-13-20-12-7-8-14-21(20)22/h5-15H,4H2,1-3H3,(H,25,26)/t24-/m0/s1. The number of rotatable bonds is 3. The van der Waals surface area contributed by atoms with E-state index in [2.05, 4.69) is 17.2 Å². The summed E-state index contributed by atoms with van der Waals surface area (Å²) in [5.41, 5.74) is 2.16. The first-order chi connectivity index (χ1) is 12.5. The van der Waals surface area contributed by atoms with Crippen LogP contribution in [0.1, 0.15) is 31.4 Å². The summed E-state index contributed by atoms with van der Waals surface area (Å²) >= 11 is 0. The molecule has 0 spiro atoms. The lowest BCUT2D eigenvalue weighted by atomic mass is 9.86. The Hall–Kier alpha value is -3.05. The van der Waals surface area contributed by atoms with Gasteiger partial charge in [-0.15, -0.1) is 0 Å². The number of benzene rings is 3. The van der Waals surface area contributed by atoms with Crippen molar-refractivity contribution in [3.63, 3.8) is 0 Å². The number of nitrogens with one attached hydrogen (secondary N) is 1. The third-order valence-corrected chi connectivity index (χ3v) is 4.86. The van der Waals surface area contributed by atoms with Gasteiger partial charge in [0.2, 0.25) is 5.91 Å². The zero-order valence-corrected chi connectivity index (χ0v) is 15.5. The molecule has 0 aromatic heterocycles. The number of hydrogen-bond acceptors (Lipinski definition) is 1. The number of carbonyl (C=O) groups excluding carboxylic acids is 1. The molecule has 0 heterocycles. The SMILES string of the molecule is CC[C@@](C)(C#Cc1ccccc1C)C(=O)Nc1cccc2ccccc12. The van der Waals surface area contributed by atoms with Crippen molar-refractivity contribution in [3.05, 3.63) is 77.9 Å². The Morgan fingerprint density at radius 1 is 1.00 bits per heavy atom. The van der Waals surface area contributed by atoms with Crippen LogP contribution in [0.25, 0.3) is 10.8 Å². The molecule has 0 fully saturated rings. The van der Waals surface area contributed by atoms with E-state index in [1.54, 1.807) is 0 Å². The average Bonchev–Trinajstić information content (AvgIpc) is 2.67. The van der Waals surface area contributed by atoms with Crippen molar-refractivity contribution in [1.29, 1.82) is 0 Å². The summed E-state index contributed by atoms with van der Waals surface area (Å²) in [6.07, 6.45) is 0.641. The van der Waals surface area contributed by atoms with Crippen LogP contribution in [0.2, 0.25) is 0 Å². The van der Waals surface area contributed by atoms with Crippen LogP contribution >= 0.6 is 0 Å². The van der Waals surface area contributed by atoms with Crippen LogP contribution in [0.15, 0.2) is 66.7 Å². The predicted molar refractivity (Wildman–Crippen MR) is 109 cm³/mol. The topological polar surface area (TPSA) is 29.1 Å². The first-order valence-corrected chi connectivity index (χ1v) is 8.91. The first kappa shape index (κ1) is 17.8. The number of hydrogen-bond donors (Lipinski definition) is 1. The molecule has 3 rings (SSSR count). The number of amides is 1. The zero-order valence-electron chi connectivity index (χ0n) is 15.5. The van der Waals surface area contributed by atoms with Gasteiger partial charge in [-0.25, -0.2) is 0 Å². The van der Waals surface area contributed by atoms with Gasteiger partial charge in [-0.1, -0.05) is 73.4 Å². The second-order valence-corrected chi connectivity index (χ2v) is 6.73. The monoisotopic (exact) mass is 341 g/mol. The van der Waals surface area contributed by atoms with Crippen molar-refractivity contribution in [2.75, 3.05) is 5.32 Å². The van der Waals surface area contributed by atoms with Crippen LogP contribution in [-0.4, -0.2) is 5.91 Å². The van der Waals surface area contributed by atoms with Crippen molar-refractivity contribution in [1.82, 2.24) is 0 Å². The van der Waals surface area contributed by atoms with Crippen LogP contribution in [0.3, 0.4) is 0 Å². The van der Waals surface area contributed by atoms with E-state index in [0.717, 1.165) is 27.6 Å². The lowest BCUT2D eigenvalue weighted by Gasteiger charge is -2.21. The summed E-state index contributed by atoms with van der Waals surface area (Å²) in [6.45, 7) is 5.93. The molecule has 1 amide bonds. The highest BCUT2D eigenvalue weighted by atomic mass is 16.2. The molecule has 0 unspecified atom stereocenters. The van der Waals surface area contributed by atoms with E-state index in [1.807, 2.05) is 87.5 Å². The minimum absolute atomic E-state index is 0.0718. The van der Waals surface area contributed by atoms with Crippen molar-refractivity contribution in [2.24, 2.45) is 5.41 Å². The quantitative estimate of drug-likeness (QED) is 0.621. The maximum atomic E-state index is 13.0. The molecule has 0 radical (unpaired) electrons. The Labute approximate surface area is 155 Å². The molecule has 2 heteroatoms. The molecule has 3 aromatic carbocycles. The molecule has 0 aliphatic rings. The van der Waals surface area contributed by atoms with Gasteiger partial charge in [0.15, 0.2) is 0 Å². The molecule has 0 saturated heterocycles. The van der Waals surface area contributed by atoms with E-state index in [1.165, 1.54) is 0 Å².